The van der Waals surface area contributed by atoms with Gasteiger partial charge >= 0.3 is 0 Å². The summed E-state index contributed by atoms with van der Waals surface area (Å²) in [5, 5.41) is 0. The highest BCUT2D eigenvalue weighted by molar-refractivity contribution is 5.85. The Morgan fingerprint density at radius 1 is 1.60 bits per heavy atom. The van der Waals surface area contributed by atoms with E-state index in [1.807, 2.05) is 13.8 Å². The minimum Gasteiger partial charge on any atom is -0.383 e. The van der Waals surface area contributed by atoms with Crippen molar-refractivity contribution in [2.75, 3.05) is 20.8 Å². The van der Waals surface area contributed by atoms with E-state index in [9.17, 15) is 4.79 Å². The van der Waals surface area contributed by atoms with Gasteiger partial charge in [0, 0.05) is 14.2 Å². The van der Waals surface area contributed by atoms with Gasteiger partial charge in [-0.2, -0.15) is 0 Å². The highest BCUT2D eigenvalue weighted by Crippen LogP contribution is 2.13. The zero-order valence-electron chi connectivity index (χ0n) is 10.5. The Morgan fingerprint density at radius 3 is 2.53 bits per heavy atom. The number of carbonyl (C=O) groups is 1. The smallest absolute Gasteiger partial charge is 0.242 e. The van der Waals surface area contributed by atoms with E-state index in [1.165, 1.54) is 0 Å². The summed E-state index contributed by atoms with van der Waals surface area (Å²) < 4.78 is 5.01. The molecule has 0 radical (unpaired) electrons. The van der Waals surface area contributed by atoms with Crippen LogP contribution in [0.15, 0.2) is 0 Å². The molecule has 0 bridgehead atoms. The van der Waals surface area contributed by atoms with Crippen LogP contribution in [0.5, 0.6) is 0 Å². The first-order chi connectivity index (χ1) is 6.86. The van der Waals surface area contributed by atoms with Gasteiger partial charge in [-0.1, -0.05) is 13.3 Å². The molecule has 4 heteroatoms. The fourth-order valence-electron chi connectivity index (χ4n) is 1.58. The topological polar surface area (TPSA) is 55.6 Å². The second kappa shape index (κ2) is 6.08. The summed E-state index contributed by atoms with van der Waals surface area (Å²) in [6.45, 7) is 6.29. The van der Waals surface area contributed by atoms with Gasteiger partial charge in [-0.15, -0.1) is 0 Å². The summed E-state index contributed by atoms with van der Waals surface area (Å²) in [6.07, 6.45) is 1.61. The molecule has 15 heavy (non-hydrogen) atoms. The molecule has 90 valence electrons. The second-order valence-corrected chi connectivity index (χ2v) is 4.39. The summed E-state index contributed by atoms with van der Waals surface area (Å²) in [5.74, 6) is -0.0195. The Hall–Kier alpha value is -0.610. The van der Waals surface area contributed by atoms with Crippen LogP contribution < -0.4 is 5.73 Å². The maximum absolute atomic E-state index is 12.0. The lowest BCUT2D eigenvalue weighted by Gasteiger charge is -2.32. The number of methoxy groups -OCH3 is 1. The summed E-state index contributed by atoms with van der Waals surface area (Å²) in [6, 6.07) is 0.0576. The van der Waals surface area contributed by atoms with Gasteiger partial charge in [0.15, 0.2) is 0 Å². The Kier molecular flexibility index (Phi) is 5.83. The molecule has 2 atom stereocenters. The van der Waals surface area contributed by atoms with Crippen LogP contribution in [0, 0.1) is 0 Å². The molecule has 0 aromatic rings. The number of hydrogen-bond acceptors (Lipinski definition) is 3. The van der Waals surface area contributed by atoms with Gasteiger partial charge in [-0.3, -0.25) is 4.79 Å². The molecule has 0 aromatic carbocycles. The van der Waals surface area contributed by atoms with E-state index in [4.69, 9.17) is 10.5 Å². The molecule has 0 fully saturated rings. The molecule has 0 aliphatic carbocycles. The van der Waals surface area contributed by atoms with Crippen molar-refractivity contribution in [3.05, 3.63) is 0 Å². The predicted octanol–water partition coefficient (Wildman–Crippen LogP) is 0.997. The Bertz CT molecular complexity index is 205. The SMILES string of the molecule is CCCC(C)(N)C(=O)N(C)C(C)COC. The molecule has 0 aliphatic rings. The molecule has 0 aromatic heterocycles. The maximum atomic E-state index is 12.0. The van der Waals surface area contributed by atoms with E-state index < -0.39 is 5.54 Å². The number of ether oxygens (including phenoxy) is 1. The summed E-state index contributed by atoms with van der Waals surface area (Å²) >= 11 is 0. The molecule has 1 amide bonds. The van der Waals surface area contributed by atoms with E-state index in [1.54, 1.807) is 26.0 Å². The molecule has 0 saturated carbocycles. The molecule has 0 spiro atoms. The third-order valence-corrected chi connectivity index (χ3v) is 2.65. The summed E-state index contributed by atoms with van der Waals surface area (Å²) in [4.78, 5) is 13.7. The molecule has 0 heterocycles. The summed E-state index contributed by atoms with van der Waals surface area (Å²) in [5.41, 5.74) is 5.22. The number of likely N-dealkylation sites (N-methyl/N-ethyl adjacent to an activating group) is 1. The fraction of sp³-hybridized carbons (Fsp3) is 0.909. The number of nitrogens with zero attached hydrogens (tertiary/aromatic N) is 1. The fourth-order valence-corrected chi connectivity index (χ4v) is 1.58. The second-order valence-electron chi connectivity index (χ2n) is 4.39. The van der Waals surface area contributed by atoms with Crippen LogP contribution >= 0.6 is 0 Å². The third kappa shape index (κ3) is 4.18. The number of nitrogens with two attached hydrogens (primary N) is 1. The standard InChI is InChI=1S/C11H24N2O2/c1-6-7-11(3,12)10(14)13(4)9(2)8-15-5/h9H,6-8,12H2,1-5H3. The maximum Gasteiger partial charge on any atom is 0.242 e. The first kappa shape index (κ1) is 14.4. The Labute approximate surface area is 92.8 Å². The zero-order chi connectivity index (χ0) is 12.1. The van der Waals surface area contributed by atoms with Gasteiger partial charge in [0.05, 0.1) is 18.2 Å². The molecular weight excluding hydrogens is 192 g/mol. The molecular formula is C11H24N2O2. The minimum atomic E-state index is -0.758. The first-order valence-electron chi connectivity index (χ1n) is 5.42. The first-order valence-corrected chi connectivity index (χ1v) is 5.42. The van der Waals surface area contributed by atoms with Crippen LogP contribution in [0.3, 0.4) is 0 Å². The summed E-state index contributed by atoms with van der Waals surface area (Å²) in [7, 11) is 3.40. The average Bonchev–Trinajstić information content (AvgIpc) is 2.15. The van der Waals surface area contributed by atoms with Crippen molar-refractivity contribution in [1.29, 1.82) is 0 Å². The Balaban J connectivity index is 4.42. The minimum absolute atomic E-state index is 0.0195. The lowest BCUT2D eigenvalue weighted by atomic mass is 9.95. The molecule has 2 unspecified atom stereocenters. The highest BCUT2D eigenvalue weighted by Gasteiger charge is 2.31. The van der Waals surface area contributed by atoms with Crippen molar-refractivity contribution < 1.29 is 9.53 Å². The van der Waals surface area contributed by atoms with Gasteiger partial charge < -0.3 is 15.4 Å². The number of rotatable bonds is 6. The van der Waals surface area contributed by atoms with Gasteiger partial charge in [-0.25, -0.2) is 0 Å². The van der Waals surface area contributed by atoms with Crippen molar-refractivity contribution in [1.82, 2.24) is 4.90 Å². The molecule has 0 saturated heterocycles. The van der Waals surface area contributed by atoms with Crippen molar-refractivity contribution in [3.63, 3.8) is 0 Å². The van der Waals surface area contributed by atoms with Crippen LogP contribution in [0.1, 0.15) is 33.6 Å². The zero-order valence-corrected chi connectivity index (χ0v) is 10.5. The van der Waals surface area contributed by atoms with Crippen LogP contribution in [-0.2, 0) is 9.53 Å². The monoisotopic (exact) mass is 216 g/mol. The van der Waals surface area contributed by atoms with Crippen molar-refractivity contribution in [3.8, 4) is 0 Å². The number of amides is 1. The van der Waals surface area contributed by atoms with Gasteiger partial charge in [0.1, 0.15) is 0 Å². The lowest BCUT2D eigenvalue weighted by molar-refractivity contribution is -0.138. The lowest BCUT2D eigenvalue weighted by Crippen LogP contribution is -2.54. The van der Waals surface area contributed by atoms with Gasteiger partial charge in [0.25, 0.3) is 0 Å². The van der Waals surface area contributed by atoms with E-state index >= 15 is 0 Å². The third-order valence-electron chi connectivity index (χ3n) is 2.65. The van der Waals surface area contributed by atoms with E-state index in [0.29, 0.717) is 13.0 Å². The molecule has 2 N–H and O–H groups in total. The van der Waals surface area contributed by atoms with Crippen molar-refractivity contribution in [2.24, 2.45) is 5.73 Å². The van der Waals surface area contributed by atoms with E-state index in [2.05, 4.69) is 0 Å². The van der Waals surface area contributed by atoms with E-state index in [0.717, 1.165) is 6.42 Å². The average molecular weight is 216 g/mol. The van der Waals surface area contributed by atoms with Crippen LogP contribution in [0.4, 0.5) is 0 Å². The normalized spacial score (nSPS) is 16.9. The highest BCUT2D eigenvalue weighted by atomic mass is 16.5. The van der Waals surface area contributed by atoms with Gasteiger partial charge in [-0.05, 0) is 20.3 Å². The van der Waals surface area contributed by atoms with Crippen LogP contribution in [-0.4, -0.2) is 43.2 Å². The van der Waals surface area contributed by atoms with Crippen LogP contribution in [0.2, 0.25) is 0 Å². The van der Waals surface area contributed by atoms with Crippen molar-refractivity contribution >= 4 is 5.91 Å². The number of hydrogen-bond donors (Lipinski definition) is 1. The number of carbonyl (C=O) groups excluding carboxylic acids is 1. The quantitative estimate of drug-likeness (QED) is 0.720. The Morgan fingerprint density at radius 2 is 2.13 bits per heavy atom. The predicted molar refractivity (Wildman–Crippen MR) is 61.6 cm³/mol. The molecule has 4 nitrogen and oxygen atoms in total. The van der Waals surface area contributed by atoms with E-state index in [-0.39, 0.29) is 11.9 Å². The molecule has 0 aliphatic heterocycles. The largest absolute Gasteiger partial charge is 0.383 e. The van der Waals surface area contributed by atoms with Crippen LogP contribution in [0.25, 0.3) is 0 Å². The van der Waals surface area contributed by atoms with Crippen molar-refractivity contribution in [2.45, 2.75) is 45.2 Å². The van der Waals surface area contributed by atoms with Gasteiger partial charge in [0.2, 0.25) is 5.91 Å². The molecule has 0 rings (SSSR count).